The maximum absolute atomic E-state index is 12.0. The van der Waals surface area contributed by atoms with Crippen molar-refractivity contribution >= 4 is 5.91 Å². The maximum atomic E-state index is 12.0. The van der Waals surface area contributed by atoms with Crippen LogP contribution in [0.1, 0.15) is 37.3 Å². The van der Waals surface area contributed by atoms with E-state index in [1.165, 1.54) is 11.1 Å². The molecule has 1 aromatic carbocycles. The Labute approximate surface area is 109 Å². The fourth-order valence-corrected chi connectivity index (χ4v) is 2.87. The molecule has 98 valence electrons. The molecule has 0 unspecified atom stereocenters. The first-order valence-corrected chi connectivity index (χ1v) is 6.62. The number of carbonyl (C=O) groups excluding carboxylic acids is 1. The van der Waals surface area contributed by atoms with Crippen molar-refractivity contribution in [2.24, 2.45) is 5.73 Å². The summed E-state index contributed by atoms with van der Waals surface area (Å²) in [6.45, 7) is 6.80. The SMILES string of the molecule is Cc1ccccc1[C@H]1C[C@H](C)N(C(=O)[C@H](C)N)C1. The van der Waals surface area contributed by atoms with Gasteiger partial charge in [0.05, 0.1) is 6.04 Å². The molecule has 18 heavy (non-hydrogen) atoms. The third-order valence-electron chi connectivity index (χ3n) is 3.88. The largest absolute Gasteiger partial charge is 0.338 e. The Morgan fingerprint density at radius 1 is 1.44 bits per heavy atom. The molecule has 1 aliphatic heterocycles. The van der Waals surface area contributed by atoms with Crippen molar-refractivity contribution < 1.29 is 4.79 Å². The van der Waals surface area contributed by atoms with Gasteiger partial charge in [0.2, 0.25) is 5.91 Å². The van der Waals surface area contributed by atoms with Crippen LogP contribution in [-0.4, -0.2) is 29.4 Å². The minimum Gasteiger partial charge on any atom is -0.338 e. The Bertz CT molecular complexity index is 442. The van der Waals surface area contributed by atoms with Gasteiger partial charge in [-0.2, -0.15) is 0 Å². The van der Waals surface area contributed by atoms with Gasteiger partial charge < -0.3 is 10.6 Å². The van der Waals surface area contributed by atoms with Gasteiger partial charge in [0, 0.05) is 18.5 Å². The van der Waals surface area contributed by atoms with E-state index >= 15 is 0 Å². The Kier molecular flexibility index (Phi) is 3.71. The van der Waals surface area contributed by atoms with E-state index in [2.05, 4.69) is 38.1 Å². The second-order valence-electron chi connectivity index (χ2n) is 5.42. The van der Waals surface area contributed by atoms with E-state index < -0.39 is 6.04 Å². The molecule has 3 nitrogen and oxygen atoms in total. The van der Waals surface area contributed by atoms with Crippen LogP contribution in [0.2, 0.25) is 0 Å². The van der Waals surface area contributed by atoms with Gasteiger partial charge >= 0.3 is 0 Å². The van der Waals surface area contributed by atoms with Crippen molar-refractivity contribution in [1.29, 1.82) is 0 Å². The molecule has 0 spiro atoms. The van der Waals surface area contributed by atoms with Crippen LogP contribution >= 0.6 is 0 Å². The highest BCUT2D eigenvalue weighted by Gasteiger charge is 2.34. The third kappa shape index (κ3) is 2.41. The second kappa shape index (κ2) is 5.11. The fraction of sp³-hybridized carbons (Fsp3) is 0.533. The molecule has 0 saturated carbocycles. The summed E-state index contributed by atoms with van der Waals surface area (Å²) < 4.78 is 0. The minimum absolute atomic E-state index is 0.0681. The summed E-state index contributed by atoms with van der Waals surface area (Å²) in [5, 5.41) is 0. The van der Waals surface area contributed by atoms with Crippen molar-refractivity contribution in [1.82, 2.24) is 4.90 Å². The van der Waals surface area contributed by atoms with Crippen LogP contribution in [-0.2, 0) is 4.79 Å². The molecule has 1 amide bonds. The number of hydrogen-bond donors (Lipinski definition) is 1. The van der Waals surface area contributed by atoms with Crippen LogP contribution in [0.25, 0.3) is 0 Å². The predicted octanol–water partition coefficient (Wildman–Crippen LogP) is 2.05. The second-order valence-corrected chi connectivity index (χ2v) is 5.42. The predicted molar refractivity (Wildman–Crippen MR) is 73.4 cm³/mol. The van der Waals surface area contributed by atoms with E-state index in [1.54, 1.807) is 6.92 Å². The summed E-state index contributed by atoms with van der Waals surface area (Å²) >= 11 is 0. The Morgan fingerprint density at radius 3 is 2.72 bits per heavy atom. The number of aryl methyl sites for hydroxylation is 1. The molecule has 1 aromatic rings. The number of carbonyl (C=O) groups is 1. The van der Waals surface area contributed by atoms with Gasteiger partial charge in [-0.15, -0.1) is 0 Å². The average molecular weight is 246 g/mol. The standard InChI is InChI=1S/C15H22N2O/c1-10-6-4-5-7-14(10)13-8-11(2)17(9-13)15(18)12(3)16/h4-7,11-13H,8-9,16H2,1-3H3/t11-,12-,13-/m0/s1. The monoisotopic (exact) mass is 246 g/mol. The molecule has 0 aromatic heterocycles. The van der Waals surface area contributed by atoms with Crippen LogP contribution in [0, 0.1) is 6.92 Å². The lowest BCUT2D eigenvalue weighted by Gasteiger charge is -2.23. The molecule has 2 rings (SSSR count). The highest BCUT2D eigenvalue weighted by atomic mass is 16.2. The maximum Gasteiger partial charge on any atom is 0.239 e. The van der Waals surface area contributed by atoms with Crippen molar-refractivity contribution in [3.63, 3.8) is 0 Å². The summed E-state index contributed by atoms with van der Waals surface area (Å²) in [7, 11) is 0. The number of rotatable bonds is 2. The van der Waals surface area contributed by atoms with Gasteiger partial charge in [-0.1, -0.05) is 24.3 Å². The molecule has 2 N–H and O–H groups in total. The van der Waals surface area contributed by atoms with E-state index in [4.69, 9.17) is 5.73 Å². The zero-order valence-corrected chi connectivity index (χ0v) is 11.4. The van der Waals surface area contributed by atoms with Gasteiger partial charge in [0.1, 0.15) is 0 Å². The summed E-state index contributed by atoms with van der Waals surface area (Å²) in [5.41, 5.74) is 8.38. The van der Waals surface area contributed by atoms with Crippen LogP contribution < -0.4 is 5.73 Å². The quantitative estimate of drug-likeness (QED) is 0.868. The van der Waals surface area contributed by atoms with E-state index in [1.807, 2.05) is 4.90 Å². The van der Waals surface area contributed by atoms with Crippen molar-refractivity contribution in [3.05, 3.63) is 35.4 Å². The smallest absolute Gasteiger partial charge is 0.239 e. The van der Waals surface area contributed by atoms with Gasteiger partial charge in [0.25, 0.3) is 0 Å². The van der Waals surface area contributed by atoms with Gasteiger partial charge in [-0.25, -0.2) is 0 Å². The number of nitrogens with two attached hydrogens (primary N) is 1. The fourth-order valence-electron chi connectivity index (χ4n) is 2.87. The lowest BCUT2D eigenvalue weighted by Crippen LogP contribution is -2.43. The minimum atomic E-state index is -0.400. The van der Waals surface area contributed by atoms with Crippen LogP contribution in [0.4, 0.5) is 0 Å². The average Bonchev–Trinajstić information content (AvgIpc) is 2.70. The molecule has 0 radical (unpaired) electrons. The van der Waals surface area contributed by atoms with E-state index in [0.717, 1.165) is 13.0 Å². The summed E-state index contributed by atoms with van der Waals surface area (Å²) in [4.78, 5) is 14.0. The first kappa shape index (κ1) is 13.1. The Hall–Kier alpha value is -1.35. The zero-order valence-electron chi connectivity index (χ0n) is 11.4. The van der Waals surface area contributed by atoms with Crippen molar-refractivity contribution in [2.75, 3.05) is 6.54 Å². The molecular weight excluding hydrogens is 224 g/mol. The van der Waals surface area contributed by atoms with Gasteiger partial charge in [0.15, 0.2) is 0 Å². The van der Waals surface area contributed by atoms with Crippen molar-refractivity contribution in [2.45, 2.75) is 45.2 Å². The van der Waals surface area contributed by atoms with E-state index in [-0.39, 0.29) is 11.9 Å². The highest BCUT2D eigenvalue weighted by molar-refractivity contribution is 5.81. The Morgan fingerprint density at radius 2 is 2.11 bits per heavy atom. The first-order valence-electron chi connectivity index (χ1n) is 6.62. The number of benzene rings is 1. The first-order chi connectivity index (χ1) is 8.50. The molecule has 1 fully saturated rings. The van der Waals surface area contributed by atoms with Crippen molar-refractivity contribution in [3.8, 4) is 0 Å². The number of nitrogens with zero attached hydrogens (tertiary/aromatic N) is 1. The molecule has 1 saturated heterocycles. The van der Waals surface area contributed by atoms with Crippen LogP contribution in [0.15, 0.2) is 24.3 Å². The molecule has 3 atom stereocenters. The van der Waals surface area contributed by atoms with E-state index in [0.29, 0.717) is 5.92 Å². The van der Waals surface area contributed by atoms with Crippen LogP contribution in [0.5, 0.6) is 0 Å². The lowest BCUT2D eigenvalue weighted by molar-refractivity contribution is -0.132. The molecule has 0 aliphatic carbocycles. The third-order valence-corrected chi connectivity index (χ3v) is 3.88. The topological polar surface area (TPSA) is 46.3 Å². The zero-order chi connectivity index (χ0) is 13.3. The molecule has 3 heteroatoms. The number of hydrogen-bond acceptors (Lipinski definition) is 2. The summed E-state index contributed by atoms with van der Waals surface area (Å²) in [6.07, 6.45) is 1.03. The lowest BCUT2D eigenvalue weighted by atomic mass is 9.93. The number of amides is 1. The summed E-state index contributed by atoms with van der Waals surface area (Å²) in [5.74, 6) is 0.516. The van der Waals surface area contributed by atoms with Crippen LogP contribution in [0.3, 0.4) is 0 Å². The molecule has 0 bridgehead atoms. The van der Waals surface area contributed by atoms with E-state index in [9.17, 15) is 4.79 Å². The highest BCUT2D eigenvalue weighted by Crippen LogP contribution is 2.33. The molecule has 1 aliphatic rings. The number of likely N-dealkylation sites (tertiary alicyclic amines) is 1. The molecule has 1 heterocycles. The molecular formula is C15H22N2O. The normalized spacial score (nSPS) is 25.2. The van der Waals surface area contributed by atoms with Gasteiger partial charge in [-0.3, -0.25) is 4.79 Å². The van der Waals surface area contributed by atoms with Gasteiger partial charge in [-0.05, 0) is 38.3 Å². The Balaban J connectivity index is 2.16. The summed E-state index contributed by atoms with van der Waals surface area (Å²) in [6, 6.07) is 8.32.